The standard InChI is InChI=1S/C17H27NO2S/c1-17(2,3)14-11-10-13(21-14)15(16(19)20)18-12-8-6-4-5-7-9-12/h10-12,15,18H,4-9H2,1-3H3,(H,19,20). The summed E-state index contributed by atoms with van der Waals surface area (Å²) in [6.07, 6.45) is 7.18. The maximum atomic E-state index is 11.7. The van der Waals surface area contributed by atoms with Gasteiger partial charge in [0.25, 0.3) is 0 Å². The van der Waals surface area contributed by atoms with Gasteiger partial charge in [-0.1, -0.05) is 46.5 Å². The summed E-state index contributed by atoms with van der Waals surface area (Å²) in [4.78, 5) is 13.8. The van der Waals surface area contributed by atoms with E-state index in [9.17, 15) is 9.90 Å². The van der Waals surface area contributed by atoms with E-state index < -0.39 is 12.0 Å². The third-order valence-corrected chi connectivity index (χ3v) is 5.73. The lowest BCUT2D eigenvalue weighted by atomic mass is 9.95. The molecule has 1 fully saturated rings. The van der Waals surface area contributed by atoms with E-state index >= 15 is 0 Å². The van der Waals surface area contributed by atoms with Crippen LogP contribution in [0.4, 0.5) is 0 Å². The van der Waals surface area contributed by atoms with Crippen LogP contribution in [0.2, 0.25) is 0 Å². The minimum Gasteiger partial charge on any atom is -0.480 e. The minimum atomic E-state index is -0.762. The number of carboxylic acid groups (broad SMARTS) is 1. The molecule has 1 unspecified atom stereocenters. The zero-order chi connectivity index (χ0) is 15.5. The Morgan fingerprint density at radius 1 is 1.24 bits per heavy atom. The minimum absolute atomic E-state index is 0.0777. The van der Waals surface area contributed by atoms with Gasteiger partial charge in [-0.3, -0.25) is 10.1 Å². The Hall–Kier alpha value is -0.870. The Labute approximate surface area is 131 Å². The predicted molar refractivity (Wildman–Crippen MR) is 88.0 cm³/mol. The largest absolute Gasteiger partial charge is 0.480 e. The molecule has 0 radical (unpaired) electrons. The van der Waals surface area contributed by atoms with Gasteiger partial charge in [0.05, 0.1) is 0 Å². The molecule has 118 valence electrons. The fourth-order valence-electron chi connectivity index (χ4n) is 2.87. The SMILES string of the molecule is CC(C)(C)c1ccc(C(NC2CCCCCC2)C(=O)O)s1. The first kappa shape index (κ1) is 16.5. The van der Waals surface area contributed by atoms with E-state index in [1.165, 1.54) is 30.6 Å². The van der Waals surface area contributed by atoms with Crippen molar-refractivity contribution in [2.24, 2.45) is 0 Å². The fourth-order valence-corrected chi connectivity index (χ4v) is 3.99. The number of aliphatic carboxylic acids is 1. The molecule has 1 atom stereocenters. The molecule has 0 amide bonds. The van der Waals surface area contributed by atoms with Crippen molar-refractivity contribution in [3.05, 3.63) is 21.9 Å². The van der Waals surface area contributed by atoms with Gasteiger partial charge < -0.3 is 5.11 Å². The van der Waals surface area contributed by atoms with Gasteiger partial charge in [0.2, 0.25) is 0 Å². The zero-order valence-corrected chi connectivity index (χ0v) is 14.1. The first-order valence-electron chi connectivity index (χ1n) is 7.97. The van der Waals surface area contributed by atoms with Crippen LogP contribution in [-0.4, -0.2) is 17.1 Å². The van der Waals surface area contributed by atoms with Crippen molar-refractivity contribution < 1.29 is 9.90 Å². The first-order valence-corrected chi connectivity index (χ1v) is 8.78. The molecule has 0 saturated heterocycles. The molecule has 3 nitrogen and oxygen atoms in total. The highest BCUT2D eigenvalue weighted by Gasteiger charge is 2.27. The smallest absolute Gasteiger partial charge is 0.326 e. The lowest BCUT2D eigenvalue weighted by Gasteiger charge is -2.21. The van der Waals surface area contributed by atoms with E-state index in [-0.39, 0.29) is 5.41 Å². The van der Waals surface area contributed by atoms with Crippen molar-refractivity contribution in [1.29, 1.82) is 0 Å². The van der Waals surface area contributed by atoms with Crippen LogP contribution >= 0.6 is 11.3 Å². The van der Waals surface area contributed by atoms with Crippen LogP contribution in [0.5, 0.6) is 0 Å². The number of carboxylic acids is 1. The average Bonchev–Trinajstić information content (AvgIpc) is 2.74. The van der Waals surface area contributed by atoms with Crippen LogP contribution in [0.3, 0.4) is 0 Å². The third-order valence-electron chi connectivity index (χ3n) is 4.15. The zero-order valence-electron chi connectivity index (χ0n) is 13.3. The van der Waals surface area contributed by atoms with E-state index in [1.54, 1.807) is 11.3 Å². The highest BCUT2D eigenvalue weighted by Crippen LogP contribution is 2.33. The summed E-state index contributed by atoms with van der Waals surface area (Å²) in [6.45, 7) is 6.49. The molecule has 1 heterocycles. The number of hydrogen-bond acceptors (Lipinski definition) is 3. The van der Waals surface area contributed by atoms with Crippen LogP contribution in [0.15, 0.2) is 12.1 Å². The second-order valence-corrected chi connectivity index (χ2v) is 8.19. The molecule has 4 heteroatoms. The van der Waals surface area contributed by atoms with Gasteiger partial charge in [0.15, 0.2) is 0 Å². The Bertz CT molecular complexity index is 467. The molecule has 21 heavy (non-hydrogen) atoms. The van der Waals surface area contributed by atoms with Crippen LogP contribution in [0, 0.1) is 0 Å². The molecule has 0 aromatic carbocycles. The molecular weight excluding hydrogens is 282 g/mol. The van der Waals surface area contributed by atoms with Crippen molar-refractivity contribution >= 4 is 17.3 Å². The number of thiophene rings is 1. The van der Waals surface area contributed by atoms with Gasteiger partial charge in [-0.15, -0.1) is 11.3 Å². The van der Waals surface area contributed by atoms with E-state index in [0.29, 0.717) is 6.04 Å². The first-order chi connectivity index (χ1) is 9.88. The fraction of sp³-hybridized carbons (Fsp3) is 0.706. The van der Waals surface area contributed by atoms with Crippen molar-refractivity contribution in [3.8, 4) is 0 Å². The molecule has 0 bridgehead atoms. The highest BCUT2D eigenvalue weighted by atomic mass is 32.1. The quantitative estimate of drug-likeness (QED) is 0.806. The summed E-state index contributed by atoms with van der Waals surface area (Å²) in [5.74, 6) is -0.762. The number of hydrogen-bond donors (Lipinski definition) is 2. The van der Waals surface area contributed by atoms with E-state index in [2.05, 4.69) is 32.2 Å². The topological polar surface area (TPSA) is 49.3 Å². The van der Waals surface area contributed by atoms with Crippen molar-refractivity contribution in [1.82, 2.24) is 5.32 Å². The Balaban J connectivity index is 2.11. The Morgan fingerprint density at radius 3 is 2.33 bits per heavy atom. The molecule has 1 aromatic rings. The maximum Gasteiger partial charge on any atom is 0.326 e. The number of rotatable bonds is 4. The molecule has 0 aliphatic heterocycles. The van der Waals surface area contributed by atoms with Gasteiger partial charge in [-0.25, -0.2) is 0 Å². The molecule has 1 saturated carbocycles. The van der Waals surface area contributed by atoms with Crippen LogP contribution in [0.1, 0.15) is 75.1 Å². The summed E-state index contributed by atoms with van der Waals surface area (Å²) in [7, 11) is 0. The number of nitrogens with one attached hydrogen (secondary N) is 1. The summed E-state index contributed by atoms with van der Waals surface area (Å²) in [5.41, 5.74) is 0.0777. The molecule has 2 N–H and O–H groups in total. The van der Waals surface area contributed by atoms with Gasteiger partial charge in [-0.2, -0.15) is 0 Å². The second kappa shape index (κ2) is 6.93. The molecule has 1 aliphatic rings. The molecular formula is C17H27NO2S. The Kier molecular flexibility index (Phi) is 5.44. The van der Waals surface area contributed by atoms with Crippen molar-refractivity contribution in [3.63, 3.8) is 0 Å². The van der Waals surface area contributed by atoms with Crippen LogP contribution < -0.4 is 5.32 Å². The normalized spacial score (nSPS) is 19.2. The molecule has 1 aliphatic carbocycles. The van der Waals surface area contributed by atoms with Crippen LogP contribution in [0.25, 0.3) is 0 Å². The summed E-state index contributed by atoms with van der Waals surface area (Å²) in [5, 5.41) is 13.0. The Morgan fingerprint density at radius 2 is 1.86 bits per heavy atom. The van der Waals surface area contributed by atoms with E-state index in [0.717, 1.165) is 17.7 Å². The van der Waals surface area contributed by atoms with Gasteiger partial charge in [0, 0.05) is 15.8 Å². The van der Waals surface area contributed by atoms with Gasteiger partial charge >= 0.3 is 5.97 Å². The number of carbonyl (C=O) groups is 1. The second-order valence-electron chi connectivity index (χ2n) is 7.08. The maximum absolute atomic E-state index is 11.7. The summed E-state index contributed by atoms with van der Waals surface area (Å²) in [6, 6.07) is 3.83. The summed E-state index contributed by atoms with van der Waals surface area (Å²) < 4.78 is 0. The monoisotopic (exact) mass is 309 g/mol. The lowest BCUT2D eigenvalue weighted by molar-refractivity contribution is -0.139. The third kappa shape index (κ3) is 4.55. The highest BCUT2D eigenvalue weighted by molar-refractivity contribution is 7.12. The van der Waals surface area contributed by atoms with Gasteiger partial charge in [-0.05, 0) is 30.4 Å². The van der Waals surface area contributed by atoms with Gasteiger partial charge in [0.1, 0.15) is 6.04 Å². The van der Waals surface area contributed by atoms with E-state index in [4.69, 9.17) is 0 Å². The predicted octanol–water partition coefficient (Wildman–Crippen LogP) is 4.48. The average molecular weight is 309 g/mol. The lowest BCUT2D eigenvalue weighted by Crippen LogP contribution is -2.36. The molecule has 2 rings (SSSR count). The summed E-state index contributed by atoms with van der Waals surface area (Å²) >= 11 is 1.63. The molecule has 0 spiro atoms. The van der Waals surface area contributed by atoms with E-state index in [1.807, 2.05) is 6.07 Å². The van der Waals surface area contributed by atoms with Crippen LogP contribution in [-0.2, 0) is 10.2 Å². The molecule has 1 aromatic heterocycles. The van der Waals surface area contributed by atoms with Crippen molar-refractivity contribution in [2.75, 3.05) is 0 Å². The van der Waals surface area contributed by atoms with Crippen molar-refractivity contribution in [2.45, 2.75) is 76.8 Å².